The highest BCUT2D eigenvalue weighted by molar-refractivity contribution is 7.13. The Balaban J connectivity index is 1.38. The molecule has 3 unspecified atom stereocenters. The van der Waals surface area contributed by atoms with Gasteiger partial charge in [-0.3, -0.25) is 4.79 Å². The molecule has 2 bridgehead atoms. The standard InChI is InChI=1S/C17H16N4O2S/c18-8-13-9-19-17(24-13)23-12-4-1-10(2-5-12)16(22)21-15-7-11-3-6-14(15)20-11/h1-2,4-5,9,11,14-15,20H,3,6-7H2,(H,21,22). The maximum absolute atomic E-state index is 12.4. The number of hydrogen-bond donors (Lipinski definition) is 2. The average molecular weight is 340 g/mol. The van der Waals surface area contributed by atoms with Crippen LogP contribution in [-0.4, -0.2) is 29.0 Å². The van der Waals surface area contributed by atoms with Crippen LogP contribution in [-0.2, 0) is 0 Å². The number of fused-ring (bicyclic) bond motifs is 2. The van der Waals surface area contributed by atoms with Crippen LogP contribution in [0, 0.1) is 11.3 Å². The van der Waals surface area contributed by atoms with Crippen molar-refractivity contribution in [1.29, 1.82) is 5.26 Å². The zero-order chi connectivity index (χ0) is 16.5. The van der Waals surface area contributed by atoms with Gasteiger partial charge in [0, 0.05) is 23.7 Å². The molecule has 2 aliphatic rings. The molecule has 2 aliphatic heterocycles. The fourth-order valence-corrected chi connectivity index (χ4v) is 3.95. The maximum Gasteiger partial charge on any atom is 0.279 e. The third-order valence-corrected chi connectivity index (χ3v) is 5.31. The molecule has 122 valence electrons. The molecule has 0 radical (unpaired) electrons. The number of amides is 1. The molecule has 24 heavy (non-hydrogen) atoms. The summed E-state index contributed by atoms with van der Waals surface area (Å²) in [5.41, 5.74) is 0.613. The van der Waals surface area contributed by atoms with Gasteiger partial charge in [0.2, 0.25) is 0 Å². The first-order valence-electron chi connectivity index (χ1n) is 7.92. The topological polar surface area (TPSA) is 87.0 Å². The molecule has 4 rings (SSSR count). The van der Waals surface area contributed by atoms with E-state index in [1.807, 2.05) is 6.07 Å². The van der Waals surface area contributed by atoms with Crippen LogP contribution in [0.5, 0.6) is 10.9 Å². The fourth-order valence-electron chi connectivity index (χ4n) is 3.37. The molecule has 2 aromatic rings. The second kappa shape index (κ2) is 6.23. The molecule has 1 aromatic heterocycles. The first-order chi connectivity index (χ1) is 11.7. The number of carbonyl (C=O) groups is 1. The lowest BCUT2D eigenvalue weighted by Gasteiger charge is -2.21. The van der Waals surface area contributed by atoms with Crippen LogP contribution < -0.4 is 15.4 Å². The van der Waals surface area contributed by atoms with E-state index in [9.17, 15) is 4.79 Å². The van der Waals surface area contributed by atoms with Crippen LogP contribution in [0.3, 0.4) is 0 Å². The van der Waals surface area contributed by atoms with Crippen molar-refractivity contribution in [2.75, 3.05) is 0 Å². The number of nitriles is 1. The van der Waals surface area contributed by atoms with Gasteiger partial charge < -0.3 is 15.4 Å². The van der Waals surface area contributed by atoms with Crippen molar-refractivity contribution >= 4 is 17.2 Å². The number of thiazole rings is 1. The molecule has 2 N–H and O–H groups in total. The van der Waals surface area contributed by atoms with Gasteiger partial charge in [0.15, 0.2) is 0 Å². The summed E-state index contributed by atoms with van der Waals surface area (Å²) in [6.07, 6.45) is 4.85. The quantitative estimate of drug-likeness (QED) is 0.892. The van der Waals surface area contributed by atoms with Crippen LogP contribution in [0.2, 0.25) is 0 Å². The predicted molar refractivity (Wildman–Crippen MR) is 89.2 cm³/mol. The second-order valence-corrected chi connectivity index (χ2v) is 7.08. The highest BCUT2D eigenvalue weighted by atomic mass is 32.1. The lowest BCUT2D eigenvalue weighted by molar-refractivity contribution is 0.0931. The summed E-state index contributed by atoms with van der Waals surface area (Å²) < 4.78 is 5.58. The number of benzene rings is 1. The van der Waals surface area contributed by atoms with Crippen LogP contribution >= 0.6 is 11.3 Å². The summed E-state index contributed by atoms with van der Waals surface area (Å²) in [6, 6.07) is 10.2. The normalized spacial score (nSPS) is 24.5. The third kappa shape index (κ3) is 2.98. The molecule has 3 atom stereocenters. The average Bonchev–Trinajstić information content (AvgIpc) is 3.32. The highest BCUT2D eigenvalue weighted by Crippen LogP contribution is 2.29. The molecule has 3 heterocycles. The third-order valence-electron chi connectivity index (χ3n) is 4.53. The van der Waals surface area contributed by atoms with E-state index in [-0.39, 0.29) is 11.9 Å². The molecule has 6 nitrogen and oxygen atoms in total. The molecular weight excluding hydrogens is 324 g/mol. The van der Waals surface area contributed by atoms with E-state index in [4.69, 9.17) is 10.00 Å². The fraction of sp³-hybridized carbons (Fsp3) is 0.353. The zero-order valence-corrected chi connectivity index (χ0v) is 13.7. The summed E-state index contributed by atoms with van der Waals surface area (Å²) in [5.74, 6) is 0.536. The van der Waals surface area contributed by atoms with Crippen molar-refractivity contribution in [3.8, 4) is 17.0 Å². The summed E-state index contributed by atoms with van der Waals surface area (Å²) >= 11 is 1.19. The van der Waals surface area contributed by atoms with Gasteiger partial charge in [-0.25, -0.2) is 4.98 Å². The molecule has 7 heteroatoms. The van der Waals surface area contributed by atoms with Gasteiger partial charge in [0.25, 0.3) is 11.1 Å². The van der Waals surface area contributed by atoms with Gasteiger partial charge in [-0.2, -0.15) is 5.26 Å². The Morgan fingerprint density at radius 3 is 2.83 bits per heavy atom. The predicted octanol–water partition coefficient (Wildman–Crippen LogP) is 2.43. The van der Waals surface area contributed by atoms with Crippen molar-refractivity contribution < 1.29 is 9.53 Å². The smallest absolute Gasteiger partial charge is 0.279 e. The van der Waals surface area contributed by atoms with E-state index in [0.29, 0.717) is 33.5 Å². The number of nitrogens with zero attached hydrogens (tertiary/aromatic N) is 2. The van der Waals surface area contributed by atoms with Crippen LogP contribution in [0.25, 0.3) is 0 Å². The van der Waals surface area contributed by atoms with Gasteiger partial charge in [-0.15, -0.1) is 0 Å². The van der Waals surface area contributed by atoms with E-state index < -0.39 is 0 Å². The molecule has 1 amide bonds. The van der Waals surface area contributed by atoms with E-state index in [1.54, 1.807) is 24.3 Å². The van der Waals surface area contributed by atoms with Crippen LogP contribution in [0.15, 0.2) is 30.5 Å². The number of hydrogen-bond acceptors (Lipinski definition) is 6. The number of carbonyl (C=O) groups excluding carboxylic acids is 1. The number of ether oxygens (including phenoxy) is 1. The molecule has 0 aliphatic carbocycles. The van der Waals surface area contributed by atoms with Crippen molar-refractivity contribution in [3.63, 3.8) is 0 Å². The summed E-state index contributed by atoms with van der Waals surface area (Å²) in [6.45, 7) is 0. The lowest BCUT2D eigenvalue weighted by Crippen LogP contribution is -2.42. The van der Waals surface area contributed by atoms with Crippen LogP contribution in [0.4, 0.5) is 0 Å². The van der Waals surface area contributed by atoms with E-state index in [1.165, 1.54) is 24.0 Å². The molecule has 2 fully saturated rings. The Kier molecular flexibility index (Phi) is 3.92. The Morgan fingerprint density at radius 1 is 1.38 bits per heavy atom. The minimum Gasteiger partial charge on any atom is -0.431 e. The Hall–Kier alpha value is -2.43. The molecule has 0 saturated carbocycles. The van der Waals surface area contributed by atoms with Gasteiger partial charge in [-0.05, 0) is 43.5 Å². The van der Waals surface area contributed by atoms with Gasteiger partial charge in [-0.1, -0.05) is 11.3 Å². The Labute approximate surface area is 143 Å². The molecule has 1 aromatic carbocycles. The lowest BCUT2D eigenvalue weighted by atomic mass is 9.95. The van der Waals surface area contributed by atoms with Crippen molar-refractivity contribution in [3.05, 3.63) is 40.9 Å². The summed E-state index contributed by atoms with van der Waals surface area (Å²) in [4.78, 5) is 16.9. The second-order valence-electron chi connectivity index (χ2n) is 6.09. The van der Waals surface area contributed by atoms with E-state index in [0.717, 1.165) is 12.8 Å². The first-order valence-corrected chi connectivity index (χ1v) is 8.73. The number of aromatic nitrogens is 1. The molecule has 0 spiro atoms. The Bertz CT molecular complexity index is 796. The van der Waals surface area contributed by atoms with E-state index in [2.05, 4.69) is 15.6 Å². The van der Waals surface area contributed by atoms with Crippen LogP contribution in [0.1, 0.15) is 34.5 Å². The van der Waals surface area contributed by atoms with E-state index >= 15 is 0 Å². The highest BCUT2D eigenvalue weighted by Gasteiger charge is 2.39. The number of rotatable bonds is 4. The molecular formula is C17H16N4O2S. The van der Waals surface area contributed by atoms with Crippen molar-refractivity contribution in [2.24, 2.45) is 0 Å². The summed E-state index contributed by atoms with van der Waals surface area (Å²) in [7, 11) is 0. The SMILES string of the molecule is N#Cc1cnc(Oc2ccc(C(=O)NC3CC4CCC3N4)cc2)s1. The molecule has 2 saturated heterocycles. The minimum atomic E-state index is -0.0538. The maximum atomic E-state index is 12.4. The largest absolute Gasteiger partial charge is 0.431 e. The van der Waals surface area contributed by atoms with Crippen molar-refractivity contribution in [1.82, 2.24) is 15.6 Å². The number of nitrogens with one attached hydrogen (secondary N) is 2. The first kappa shape index (κ1) is 15.1. The monoisotopic (exact) mass is 340 g/mol. The van der Waals surface area contributed by atoms with Gasteiger partial charge in [0.1, 0.15) is 16.7 Å². The van der Waals surface area contributed by atoms with Gasteiger partial charge >= 0.3 is 0 Å². The van der Waals surface area contributed by atoms with Gasteiger partial charge in [0.05, 0.1) is 6.20 Å². The Morgan fingerprint density at radius 2 is 2.21 bits per heavy atom. The minimum absolute atomic E-state index is 0.0538. The van der Waals surface area contributed by atoms with Crippen molar-refractivity contribution in [2.45, 2.75) is 37.4 Å². The summed E-state index contributed by atoms with van der Waals surface area (Å²) in [5, 5.41) is 15.8. The zero-order valence-electron chi connectivity index (χ0n) is 12.9.